The van der Waals surface area contributed by atoms with Crippen LogP contribution in [0.4, 0.5) is 26.3 Å². The highest BCUT2D eigenvalue weighted by atomic mass is 19.4. The summed E-state index contributed by atoms with van der Waals surface area (Å²) in [7, 11) is 1.39. The Hall–Kier alpha value is -3.57. The molecule has 38 heavy (non-hydrogen) atoms. The number of benzene rings is 1. The molecule has 6 nitrogen and oxygen atoms in total. The first-order valence-electron chi connectivity index (χ1n) is 11.8. The fourth-order valence-corrected chi connectivity index (χ4v) is 4.12. The largest absolute Gasteiger partial charge is 0.417 e. The van der Waals surface area contributed by atoms with E-state index in [2.05, 4.69) is 15.3 Å². The number of nitrogens with one attached hydrogen (secondary N) is 1. The molecule has 1 aromatic rings. The molecule has 208 valence electrons. The second-order valence-corrected chi connectivity index (χ2v) is 8.79. The van der Waals surface area contributed by atoms with Gasteiger partial charge in [-0.15, -0.1) is 0 Å². The number of hydrogen-bond acceptors (Lipinski definition) is 5. The van der Waals surface area contributed by atoms with Crippen molar-refractivity contribution in [2.45, 2.75) is 45.3 Å². The van der Waals surface area contributed by atoms with Gasteiger partial charge in [0, 0.05) is 43.6 Å². The van der Waals surface area contributed by atoms with Gasteiger partial charge in [-0.2, -0.15) is 13.2 Å². The van der Waals surface area contributed by atoms with Crippen LogP contribution in [0.15, 0.2) is 63.5 Å². The molecule has 1 amide bonds. The molecule has 12 heteroatoms. The van der Waals surface area contributed by atoms with Gasteiger partial charge in [0.2, 0.25) is 0 Å². The zero-order valence-corrected chi connectivity index (χ0v) is 21.5. The van der Waals surface area contributed by atoms with Gasteiger partial charge < -0.3 is 16.0 Å². The third-order valence-corrected chi connectivity index (χ3v) is 6.03. The van der Waals surface area contributed by atoms with Crippen LogP contribution in [0.1, 0.15) is 32.8 Å². The number of rotatable bonds is 8. The average Bonchev–Trinajstić information content (AvgIpc) is 2.83. The van der Waals surface area contributed by atoms with Gasteiger partial charge in [0.05, 0.1) is 18.2 Å². The molecule has 0 bridgehead atoms. The minimum atomic E-state index is -4.59. The van der Waals surface area contributed by atoms with Gasteiger partial charge in [0.15, 0.2) is 0 Å². The van der Waals surface area contributed by atoms with Crippen LogP contribution in [0.2, 0.25) is 0 Å². The third kappa shape index (κ3) is 7.72. The molecule has 2 atom stereocenters. The normalized spacial score (nSPS) is 21.7. The molecule has 3 N–H and O–H groups in total. The third-order valence-electron chi connectivity index (χ3n) is 6.03. The van der Waals surface area contributed by atoms with Crippen molar-refractivity contribution in [1.29, 1.82) is 0 Å². The van der Waals surface area contributed by atoms with E-state index in [4.69, 9.17) is 5.73 Å². The summed E-state index contributed by atoms with van der Waals surface area (Å²) in [4.78, 5) is 22.0. The van der Waals surface area contributed by atoms with E-state index < -0.39 is 60.0 Å². The van der Waals surface area contributed by atoms with Crippen LogP contribution < -0.4 is 11.1 Å². The first-order chi connectivity index (χ1) is 17.8. The maximum atomic E-state index is 14.6. The van der Waals surface area contributed by atoms with E-state index in [1.165, 1.54) is 58.3 Å². The SMILES string of the molecule is C\C=C(/N=C\C(=C/C)C(F)(F)F)NCC1C(C)CC(F)(F)CN1C(=O)C(N)=C(C=NC)c1ccccc1F. The van der Waals surface area contributed by atoms with Crippen molar-refractivity contribution in [2.24, 2.45) is 21.6 Å². The van der Waals surface area contributed by atoms with Gasteiger partial charge in [0.25, 0.3) is 11.8 Å². The van der Waals surface area contributed by atoms with Crippen molar-refractivity contribution in [3.63, 3.8) is 0 Å². The first kappa shape index (κ1) is 30.7. The second kappa shape index (κ2) is 12.8. The lowest BCUT2D eigenvalue weighted by Gasteiger charge is -2.43. The van der Waals surface area contributed by atoms with E-state index >= 15 is 0 Å². The van der Waals surface area contributed by atoms with Gasteiger partial charge in [-0.25, -0.2) is 18.2 Å². The minimum Gasteiger partial charge on any atom is -0.394 e. The smallest absolute Gasteiger partial charge is 0.394 e. The number of hydrogen-bond donors (Lipinski definition) is 2. The zero-order valence-electron chi connectivity index (χ0n) is 21.5. The van der Waals surface area contributed by atoms with E-state index in [1.54, 1.807) is 0 Å². The topological polar surface area (TPSA) is 83.1 Å². The summed E-state index contributed by atoms with van der Waals surface area (Å²) in [6, 6.07) is 4.70. The zero-order chi connectivity index (χ0) is 28.7. The van der Waals surface area contributed by atoms with Crippen LogP contribution in [0, 0.1) is 11.7 Å². The van der Waals surface area contributed by atoms with Crippen molar-refractivity contribution in [3.05, 3.63) is 64.9 Å². The summed E-state index contributed by atoms with van der Waals surface area (Å²) < 4.78 is 82.6. The maximum absolute atomic E-state index is 14.6. The Morgan fingerprint density at radius 3 is 2.42 bits per heavy atom. The van der Waals surface area contributed by atoms with Gasteiger partial charge >= 0.3 is 6.18 Å². The highest BCUT2D eigenvalue weighted by molar-refractivity contribution is 6.18. The van der Waals surface area contributed by atoms with Crippen molar-refractivity contribution >= 4 is 23.9 Å². The number of allylic oxidation sites excluding steroid dienone is 4. The van der Waals surface area contributed by atoms with Crippen molar-refractivity contribution in [3.8, 4) is 0 Å². The Morgan fingerprint density at radius 1 is 1.21 bits per heavy atom. The Kier molecular flexibility index (Phi) is 10.3. The predicted octanol–water partition coefficient (Wildman–Crippen LogP) is 5.10. The van der Waals surface area contributed by atoms with Crippen molar-refractivity contribution < 1.29 is 31.1 Å². The number of carbonyl (C=O) groups excluding carboxylic acids is 1. The monoisotopic (exact) mass is 543 g/mol. The quantitative estimate of drug-likeness (QED) is 0.272. The van der Waals surface area contributed by atoms with E-state index in [0.717, 1.165) is 17.0 Å². The van der Waals surface area contributed by atoms with Crippen LogP contribution in [0.5, 0.6) is 0 Å². The number of piperidine rings is 1. The van der Waals surface area contributed by atoms with E-state index in [9.17, 15) is 31.1 Å². The van der Waals surface area contributed by atoms with E-state index in [1.807, 2.05) is 0 Å². The van der Waals surface area contributed by atoms with Gasteiger partial charge in [-0.3, -0.25) is 9.79 Å². The standard InChI is InChI=1S/C26H31F6N5O/c1-5-17(26(30,31)32)12-35-22(6-2)36-14-21-16(3)11-25(28,29)15-37(21)24(38)23(33)19(13-34-4)18-9-7-8-10-20(18)27/h5-10,12-13,16,21,36H,11,14-15,33H2,1-4H3/b17-5+,22-6+,23-19?,34-13?,35-12-. The molecule has 0 saturated carbocycles. The van der Waals surface area contributed by atoms with E-state index in [-0.39, 0.29) is 23.5 Å². The fraction of sp³-hybridized carbons (Fsp3) is 0.423. The van der Waals surface area contributed by atoms with Crippen LogP contribution in [-0.4, -0.2) is 61.5 Å². The Balaban J connectivity index is 2.40. The maximum Gasteiger partial charge on any atom is 0.417 e. The Labute approximate surface area is 217 Å². The summed E-state index contributed by atoms with van der Waals surface area (Å²) in [5, 5.41) is 2.83. The number of likely N-dealkylation sites (tertiary alicyclic amines) is 1. The Morgan fingerprint density at radius 2 is 1.87 bits per heavy atom. The molecule has 1 aromatic carbocycles. The molecule has 0 aliphatic carbocycles. The molecule has 1 saturated heterocycles. The highest BCUT2D eigenvalue weighted by Gasteiger charge is 2.46. The molecule has 1 aliphatic heterocycles. The fourth-order valence-electron chi connectivity index (χ4n) is 4.12. The molecule has 0 radical (unpaired) electrons. The minimum absolute atomic E-state index is 0.0227. The van der Waals surface area contributed by atoms with Crippen LogP contribution in [-0.2, 0) is 4.79 Å². The average molecular weight is 544 g/mol. The number of nitrogens with zero attached hydrogens (tertiary/aromatic N) is 3. The van der Waals surface area contributed by atoms with Crippen molar-refractivity contribution in [2.75, 3.05) is 20.1 Å². The number of halogens is 6. The lowest BCUT2D eigenvalue weighted by atomic mass is 9.88. The molecular formula is C26H31F6N5O. The molecule has 0 aromatic heterocycles. The van der Waals surface area contributed by atoms with Gasteiger partial charge in [-0.1, -0.05) is 31.2 Å². The lowest BCUT2D eigenvalue weighted by Crippen LogP contribution is -2.59. The first-order valence-corrected chi connectivity index (χ1v) is 11.8. The lowest BCUT2D eigenvalue weighted by molar-refractivity contribution is -0.148. The number of carbonyl (C=O) groups is 1. The van der Waals surface area contributed by atoms with Gasteiger partial charge in [-0.05, 0) is 31.9 Å². The number of alkyl halides is 5. The van der Waals surface area contributed by atoms with Crippen LogP contribution in [0.25, 0.3) is 5.57 Å². The molecule has 1 fully saturated rings. The number of aliphatic imine (C=N–C) groups is 2. The number of nitrogens with two attached hydrogens (primary N) is 1. The second-order valence-electron chi connectivity index (χ2n) is 8.79. The van der Waals surface area contributed by atoms with E-state index in [0.29, 0.717) is 6.21 Å². The molecule has 2 rings (SSSR count). The highest BCUT2D eigenvalue weighted by Crippen LogP contribution is 2.35. The molecule has 1 heterocycles. The molecular weight excluding hydrogens is 512 g/mol. The van der Waals surface area contributed by atoms with Crippen molar-refractivity contribution in [1.82, 2.24) is 10.2 Å². The predicted molar refractivity (Wildman–Crippen MR) is 136 cm³/mol. The molecule has 1 aliphatic rings. The molecule has 2 unspecified atom stereocenters. The number of amides is 1. The molecule has 0 spiro atoms. The summed E-state index contributed by atoms with van der Waals surface area (Å²) in [6.45, 7) is 3.26. The summed E-state index contributed by atoms with van der Waals surface area (Å²) in [6.07, 6.45) is -1.01. The Bertz CT molecular complexity index is 1150. The summed E-state index contributed by atoms with van der Waals surface area (Å²) in [5.74, 6) is -5.50. The van der Waals surface area contributed by atoms with Gasteiger partial charge in [0.1, 0.15) is 17.3 Å². The summed E-state index contributed by atoms with van der Waals surface area (Å²) >= 11 is 0. The van der Waals surface area contributed by atoms with Crippen LogP contribution >= 0.6 is 0 Å². The summed E-state index contributed by atoms with van der Waals surface area (Å²) in [5.41, 5.74) is 4.60. The van der Waals surface area contributed by atoms with Crippen LogP contribution in [0.3, 0.4) is 0 Å².